The molecule has 0 spiro atoms. The lowest BCUT2D eigenvalue weighted by Gasteiger charge is -2.27. The molecule has 1 aliphatic rings. The van der Waals surface area contributed by atoms with E-state index in [2.05, 4.69) is 22.2 Å². The lowest BCUT2D eigenvalue weighted by atomic mass is 10.1. The van der Waals surface area contributed by atoms with Crippen LogP contribution in [0.25, 0.3) is 22.2 Å². The van der Waals surface area contributed by atoms with Gasteiger partial charge in [0.15, 0.2) is 0 Å². The highest BCUT2D eigenvalue weighted by atomic mass is 16.6. The largest absolute Gasteiger partial charge is 0.494 e. The van der Waals surface area contributed by atoms with Crippen molar-refractivity contribution in [3.8, 4) is 17.0 Å². The van der Waals surface area contributed by atoms with E-state index < -0.39 is 10.9 Å². The number of fused-ring (bicyclic) bond motifs is 1. The van der Waals surface area contributed by atoms with E-state index in [0.29, 0.717) is 35.4 Å². The Morgan fingerprint density at radius 2 is 2.00 bits per heavy atom. The number of rotatable bonds is 10. The Bertz CT molecular complexity index is 1670. The molecule has 0 bridgehead atoms. The molecule has 1 atom stereocenters. The second-order valence-electron chi connectivity index (χ2n) is 11.2. The number of esters is 1. The highest BCUT2D eigenvalue weighted by molar-refractivity contribution is 6.03. The molecule has 12 nitrogen and oxygen atoms in total. The number of hydrogen-bond donors (Lipinski definition) is 1. The number of nitrogens with one attached hydrogen (secondary N) is 1. The molecule has 0 aliphatic carbocycles. The third kappa shape index (κ3) is 6.45. The monoisotopic (exact) mass is 603 g/mol. The average molecular weight is 604 g/mol. The molecule has 5 rings (SSSR count). The van der Waals surface area contributed by atoms with Gasteiger partial charge in [0, 0.05) is 67.7 Å². The second kappa shape index (κ2) is 13.3. The summed E-state index contributed by atoms with van der Waals surface area (Å²) >= 11 is 0. The topological polar surface area (TPSA) is 128 Å². The SMILES string of the molecule is C.COc1cc(N(C)CC2CCCN2C)c([N+](=O)[O-])cc1Nc1ncc(C(=O)OC(C)C)c(-c2cn(C)c3ccccc23)n1. The summed E-state index contributed by atoms with van der Waals surface area (Å²) in [6, 6.07) is 11.2. The maximum absolute atomic E-state index is 13.1. The van der Waals surface area contributed by atoms with Crippen molar-refractivity contribution in [1.29, 1.82) is 0 Å². The molecule has 4 aromatic rings. The van der Waals surface area contributed by atoms with Gasteiger partial charge in [-0.1, -0.05) is 25.6 Å². The van der Waals surface area contributed by atoms with E-state index in [-0.39, 0.29) is 30.7 Å². The van der Waals surface area contributed by atoms with Crippen LogP contribution in [0.3, 0.4) is 0 Å². The Morgan fingerprint density at radius 3 is 2.66 bits per heavy atom. The van der Waals surface area contributed by atoms with Crippen molar-refractivity contribution in [3.63, 3.8) is 0 Å². The molecule has 44 heavy (non-hydrogen) atoms. The summed E-state index contributed by atoms with van der Waals surface area (Å²) in [5.41, 5.74) is 2.99. The summed E-state index contributed by atoms with van der Waals surface area (Å²) in [5, 5.41) is 16.2. The first-order valence-electron chi connectivity index (χ1n) is 14.2. The van der Waals surface area contributed by atoms with Crippen LogP contribution in [-0.4, -0.2) is 76.8 Å². The number of para-hydroxylation sites is 1. The fourth-order valence-electron chi connectivity index (χ4n) is 5.63. The molecule has 1 fully saturated rings. The fraction of sp³-hybridized carbons (Fsp3) is 0.406. The first-order valence-corrected chi connectivity index (χ1v) is 14.2. The minimum atomic E-state index is -0.544. The second-order valence-corrected chi connectivity index (χ2v) is 11.2. The third-order valence-electron chi connectivity index (χ3n) is 7.81. The van der Waals surface area contributed by atoms with Crippen LogP contribution in [0.15, 0.2) is 48.8 Å². The molecular formula is C32H41N7O5. The molecule has 1 aliphatic heterocycles. The van der Waals surface area contributed by atoms with Gasteiger partial charge >= 0.3 is 5.97 Å². The Labute approximate surface area is 257 Å². The van der Waals surface area contributed by atoms with Gasteiger partial charge in [-0.2, -0.15) is 0 Å². The Morgan fingerprint density at radius 1 is 1.25 bits per heavy atom. The average Bonchev–Trinajstić information content (AvgIpc) is 3.54. The van der Waals surface area contributed by atoms with Gasteiger partial charge in [-0.25, -0.2) is 14.8 Å². The summed E-state index contributed by atoms with van der Waals surface area (Å²) in [5.74, 6) is -0.00542. The van der Waals surface area contributed by atoms with E-state index in [9.17, 15) is 14.9 Å². The van der Waals surface area contributed by atoms with E-state index in [0.717, 1.165) is 35.9 Å². The molecule has 234 valence electrons. The van der Waals surface area contributed by atoms with Crippen LogP contribution in [0, 0.1) is 10.1 Å². The van der Waals surface area contributed by atoms with Gasteiger partial charge in [0.1, 0.15) is 17.0 Å². The highest BCUT2D eigenvalue weighted by Crippen LogP contribution is 2.40. The smallest absolute Gasteiger partial charge is 0.342 e. The number of benzene rings is 2. The molecule has 1 saturated heterocycles. The number of likely N-dealkylation sites (N-methyl/N-ethyl adjacent to an activating group) is 2. The van der Waals surface area contributed by atoms with Crippen LogP contribution >= 0.6 is 0 Å². The number of hydrogen-bond acceptors (Lipinski definition) is 10. The Hall–Kier alpha value is -4.71. The van der Waals surface area contributed by atoms with E-state index >= 15 is 0 Å². The Balaban J connectivity index is 0.00000442. The van der Waals surface area contributed by atoms with Gasteiger partial charge in [-0.15, -0.1) is 0 Å². The zero-order valence-corrected chi connectivity index (χ0v) is 25.3. The molecule has 1 N–H and O–H groups in total. The van der Waals surface area contributed by atoms with Crippen LogP contribution < -0.4 is 15.0 Å². The number of likely N-dealkylation sites (tertiary alicyclic amines) is 1. The molecule has 0 amide bonds. The van der Waals surface area contributed by atoms with Gasteiger partial charge in [-0.05, 0) is 46.3 Å². The summed E-state index contributed by atoms with van der Waals surface area (Å²) in [7, 11) is 7.36. The number of nitro groups is 1. The normalized spacial score (nSPS) is 14.8. The number of methoxy groups -OCH3 is 1. The van der Waals surface area contributed by atoms with Crippen molar-refractivity contribution in [2.24, 2.45) is 7.05 Å². The van der Waals surface area contributed by atoms with Crippen molar-refractivity contribution < 1.29 is 19.2 Å². The summed E-state index contributed by atoms with van der Waals surface area (Å²) < 4.78 is 13.1. The van der Waals surface area contributed by atoms with Gasteiger partial charge < -0.3 is 29.2 Å². The first-order chi connectivity index (χ1) is 20.6. The van der Waals surface area contributed by atoms with Gasteiger partial charge in [-0.3, -0.25) is 10.1 Å². The number of ether oxygens (including phenoxy) is 2. The quantitative estimate of drug-likeness (QED) is 0.130. The van der Waals surface area contributed by atoms with E-state index in [1.54, 1.807) is 19.9 Å². The zero-order chi connectivity index (χ0) is 30.8. The molecule has 0 radical (unpaired) electrons. The predicted octanol–water partition coefficient (Wildman–Crippen LogP) is 6.03. The molecule has 3 heterocycles. The minimum Gasteiger partial charge on any atom is -0.494 e. The lowest BCUT2D eigenvalue weighted by molar-refractivity contribution is -0.384. The van der Waals surface area contributed by atoms with Crippen molar-refractivity contribution in [2.75, 3.05) is 44.5 Å². The molecule has 2 aromatic heterocycles. The summed E-state index contributed by atoms with van der Waals surface area (Å²) in [6.07, 6.45) is 5.14. The van der Waals surface area contributed by atoms with Crippen LogP contribution in [0.5, 0.6) is 5.75 Å². The van der Waals surface area contributed by atoms with Gasteiger partial charge in [0.2, 0.25) is 5.95 Å². The van der Waals surface area contributed by atoms with Crippen molar-refractivity contribution in [3.05, 3.63) is 64.5 Å². The third-order valence-corrected chi connectivity index (χ3v) is 7.81. The summed E-state index contributed by atoms with van der Waals surface area (Å²) in [4.78, 5) is 38.2. The van der Waals surface area contributed by atoms with Crippen LogP contribution in [0.4, 0.5) is 23.0 Å². The van der Waals surface area contributed by atoms with Crippen molar-refractivity contribution >= 4 is 39.9 Å². The standard InChI is InChI=1S/C31H37N7O5.CH4/c1-19(2)43-30(39)22-16-32-31(34-29(22)23-18-37(5)25-12-8-7-11-21(23)25)33-24-14-27(38(40)41)26(15-28(24)42-6)36(4)17-20-10-9-13-35(20)3;/h7-8,11-12,14-16,18-20H,9-10,13,17H2,1-6H3,(H,32,33,34);1H4. The van der Waals surface area contributed by atoms with Crippen molar-refractivity contribution in [2.45, 2.75) is 46.3 Å². The minimum absolute atomic E-state index is 0. The number of carbonyl (C=O) groups is 1. The molecule has 1 unspecified atom stereocenters. The van der Waals surface area contributed by atoms with E-state index in [1.165, 1.54) is 19.4 Å². The molecule has 2 aromatic carbocycles. The molecule has 0 saturated carbocycles. The van der Waals surface area contributed by atoms with Gasteiger partial charge in [0.25, 0.3) is 5.69 Å². The van der Waals surface area contributed by atoms with Gasteiger partial charge in [0.05, 0.1) is 29.5 Å². The number of carbonyl (C=O) groups excluding carboxylic acids is 1. The number of nitro benzene ring substituents is 1. The summed E-state index contributed by atoms with van der Waals surface area (Å²) in [6.45, 7) is 5.22. The maximum Gasteiger partial charge on any atom is 0.342 e. The highest BCUT2D eigenvalue weighted by Gasteiger charge is 2.28. The maximum atomic E-state index is 13.1. The number of nitrogens with zero attached hydrogens (tertiary/aromatic N) is 6. The van der Waals surface area contributed by atoms with Crippen LogP contribution in [-0.2, 0) is 11.8 Å². The fourth-order valence-corrected chi connectivity index (χ4v) is 5.63. The number of aromatic nitrogens is 3. The Kier molecular flexibility index (Phi) is 9.73. The van der Waals surface area contributed by atoms with Crippen molar-refractivity contribution in [1.82, 2.24) is 19.4 Å². The van der Waals surface area contributed by atoms with Crippen LogP contribution in [0.1, 0.15) is 44.5 Å². The molecular weight excluding hydrogens is 562 g/mol. The predicted molar refractivity (Wildman–Crippen MR) is 173 cm³/mol. The zero-order valence-electron chi connectivity index (χ0n) is 25.3. The lowest BCUT2D eigenvalue weighted by Crippen LogP contribution is -2.36. The number of anilines is 3. The van der Waals surface area contributed by atoms with Crippen LogP contribution in [0.2, 0.25) is 0 Å². The molecule has 12 heteroatoms. The number of aryl methyl sites for hydroxylation is 1. The van der Waals surface area contributed by atoms with E-state index in [4.69, 9.17) is 14.5 Å². The first kappa shape index (κ1) is 32.2. The van der Waals surface area contributed by atoms with E-state index in [1.807, 2.05) is 54.0 Å².